The Kier molecular flexibility index (Phi) is 6.07. The number of likely N-dealkylation sites (tertiary alicyclic amines) is 1. The van der Waals surface area contributed by atoms with Crippen LogP contribution in [0, 0.1) is 0 Å². The minimum atomic E-state index is -0.617. The van der Waals surface area contributed by atoms with Crippen LogP contribution in [-0.4, -0.2) is 46.0 Å². The maximum atomic E-state index is 12.9. The average molecular weight is 419 g/mol. The number of carbonyl (C=O) groups is 3. The number of hydrogen-bond acceptors (Lipinski definition) is 6. The molecule has 0 saturated carbocycles. The minimum Gasteiger partial charge on any atom is -0.444 e. The molecule has 3 rings (SSSR count). The quantitative estimate of drug-likeness (QED) is 0.785. The zero-order chi connectivity index (χ0) is 21.2. The lowest BCUT2D eigenvalue weighted by Gasteiger charge is -2.35. The Labute approximate surface area is 173 Å². The molecular weight excluding hydrogens is 392 g/mol. The van der Waals surface area contributed by atoms with Gasteiger partial charge in [0.15, 0.2) is 5.13 Å². The highest BCUT2D eigenvalue weighted by molar-refractivity contribution is 7.22. The summed E-state index contributed by atoms with van der Waals surface area (Å²) in [7, 11) is 0. The van der Waals surface area contributed by atoms with Crippen LogP contribution in [0.2, 0.25) is 0 Å². The number of nitrogens with zero attached hydrogens (tertiary/aromatic N) is 2. The number of fused-ring (bicyclic) bond motifs is 1. The molecule has 1 atom stereocenters. The summed E-state index contributed by atoms with van der Waals surface area (Å²) in [5, 5.41) is 6.03. The van der Waals surface area contributed by atoms with Gasteiger partial charge in [-0.25, -0.2) is 9.78 Å². The molecule has 0 radical (unpaired) electrons. The van der Waals surface area contributed by atoms with Crippen molar-refractivity contribution < 1.29 is 19.1 Å². The monoisotopic (exact) mass is 418 g/mol. The van der Waals surface area contributed by atoms with E-state index in [0.29, 0.717) is 23.8 Å². The molecule has 1 aliphatic heterocycles. The summed E-state index contributed by atoms with van der Waals surface area (Å²) in [6.07, 6.45) is 1.83. The van der Waals surface area contributed by atoms with Gasteiger partial charge in [0.1, 0.15) is 11.6 Å². The molecule has 2 heterocycles. The summed E-state index contributed by atoms with van der Waals surface area (Å²) < 4.78 is 6.31. The first-order valence-electron chi connectivity index (χ1n) is 9.61. The van der Waals surface area contributed by atoms with Crippen LogP contribution >= 0.6 is 11.3 Å². The first-order chi connectivity index (χ1) is 13.6. The molecule has 9 heteroatoms. The standard InChI is InChI=1S/C20H26N4O4S/c1-12(25)21-13-8-9-14-16(11-13)29-18(22-14)23-17(26)15-7-5-6-10-24(15)19(27)28-20(2,3)4/h8-9,11,15H,5-7,10H2,1-4H3,(H,21,25)(H,22,23,26). The van der Waals surface area contributed by atoms with Crippen LogP contribution in [0.25, 0.3) is 10.2 Å². The highest BCUT2D eigenvalue weighted by Gasteiger charge is 2.35. The molecule has 1 saturated heterocycles. The molecule has 3 amide bonds. The van der Waals surface area contributed by atoms with Crippen molar-refractivity contribution in [2.75, 3.05) is 17.2 Å². The van der Waals surface area contributed by atoms with Gasteiger partial charge in [0.05, 0.1) is 10.2 Å². The zero-order valence-electron chi connectivity index (χ0n) is 17.1. The van der Waals surface area contributed by atoms with E-state index in [9.17, 15) is 14.4 Å². The number of rotatable bonds is 3. The third-order valence-corrected chi connectivity index (χ3v) is 5.31. The number of benzene rings is 1. The van der Waals surface area contributed by atoms with Crippen molar-refractivity contribution in [1.82, 2.24) is 9.88 Å². The van der Waals surface area contributed by atoms with Gasteiger partial charge in [0.2, 0.25) is 11.8 Å². The Hall–Kier alpha value is -2.68. The van der Waals surface area contributed by atoms with Gasteiger partial charge in [-0.15, -0.1) is 0 Å². The van der Waals surface area contributed by atoms with Crippen LogP contribution in [0.4, 0.5) is 15.6 Å². The maximum Gasteiger partial charge on any atom is 0.410 e. The predicted octanol–water partition coefficient (Wildman–Crippen LogP) is 3.98. The molecule has 0 bridgehead atoms. The van der Waals surface area contributed by atoms with Crippen LogP contribution in [-0.2, 0) is 14.3 Å². The molecule has 0 spiro atoms. The number of anilines is 2. The molecule has 1 unspecified atom stereocenters. The number of thiazole rings is 1. The SMILES string of the molecule is CC(=O)Nc1ccc2nc(NC(=O)C3CCCCN3C(=O)OC(C)(C)C)sc2c1. The molecule has 1 fully saturated rings. The van der Waals surface area contributed by atoms with Crippen molar-refractivity contribution in [1.29, 1.82) is 0 Å². The van der Waals surface area contributed by atoms with Gasteiger partial charge in [0.25, 0.3) is 0 Å². The van der Waals surface area contributed by atoms with E-state index in [1.54, 1.807) is 32.9 Å². The van der Waals surface area contributed by atoms with Crippen LogP contribution in [0.5, 0.6) is 0 Å². The van der Waals surface area contributed by atoms with E-state index in [1.807, 2.05) is 6.07 Å². The molecule has 2 aromatic rings. The molecule has 2 N–H and O–H groups in total. The molecular formula is C20H26N4O4S. The third-order valence-electron chi connectivity index (χ3n) is 4.37. The van der Waals surface area contributed by atoms with Gasteiger partial charge in [-0.2, -0.15) is 0 Å². The van der Waals surface area contributed by atoms with E-state index < -0.39 is 17.7 Å². The summed E-state index contributed by atoms with van der Waals surface area (Å²) in [5.74, 6) is -0.418. The molecule has 29 heavy (non-hydrogen) atoms. The summed E-state index contributed by atoms with van der Waals surface area (Å²) >= 11 is 1.32. The van der Waals surface area contributed by atoms with E-state index >= 15 is 0 Å². The molecule has 1 aliphatic rings. The van der Waals surface area contributed by atoms with Crippen molar-refractivity contribution in [2.24, 2.45) is 0 Å². The summed E-state index contributed by atoms with van der Waals surface area (Å²) in [6.45, 7) is 7.36. The van der Waals surface area contributed by atoms with Gasteiger partial charge < -0.3 is 15.4 Å². The summed E-state index contributed by atoms with van der Waals surface area (Å²) in [6, 6.07) is 4.79. The number of amides is 3. The molecule has 0 aliphatic carbocycles. The normalized spacial score (nSPS) is 17.1. The molecule has 1 aromatic heterocycles. The predicted molar refractivity (Wildman–Crippen MR) is 113 cm³/mol. The number of carbonyl (C=O) groups excluding carboxylic acids is 3. The lowest BCUT2D eigenvalue weighted by atomic mass is 10.0. The smallest absolute Gasteiger partial charge is 0.410 e. The first-order valence-corrected chi connectivity index (χ1v) is 10.4. The number of piperidine rings is 1. The summed E-state index contributed by atoms with van der Waals surface area (Å²) in [5.41, 5.74) is 0.788. The van der Waals surface area contributed by atoms with E-state index in [-0.39, 0.29) is 11.8 Å². The van der Waals surface area contributed by atoms with Crippen molar-refractivity contribution >= 4 is 50.3 Å². The average Bonchev–Trinajstić information content (AvgIpc) is 3.01. The van der Waals surface area contributed by atoms with Crippen LogP contribution < -0.4 is 10.6 Å². The van der Waals surface area contributed by atoms with Gasteiger partial charge in [-0.1, -0.05) is 11.3 Å². The van der Waals surface area contributed by atoms with E-state index in [0.717, 1.165) is 23.1 Å². The van der Waals surface area contributed by atoms with Crippen LogP contribution in [0.1, 0.15) is 47.0 Å². The summed E-state index contributed by atoms with van der Waals surface area (Å²) in [4.78, 5) is 42.6. The Morgan fingerprint density at radius 1 is 1.21 bits per heavy atom. The Balaban J connectivity index is 1.73. The Morgan fingerprint density at radius 3 is 2.66 bits per heavy atom. The Bertz CT molecular complexity index is 934. The van der Waals surface area contributed by atoms with E-state index in [2.05, 4.69) is 15.6 Å². The maximum absolute atomic E-state index is 12.9. The van der Waals surface area contributed by atoms with Gasteiger partial charge in [0, 0.05) is 19.2 Å². The van der Waals surface area contributed by atoms with Crippen molar-refractivity contribution in [2.45, 2.75) is 58.6 Å². The lowest BCUT2D eigenvalue weighted by molar-refractivity contribution is -0.122. The number of ether oxygens (including phenoxy) is 1. The lowest BCUT2D eigenvalue weighted by Crippen LogP contribution is -2.51. The van der Waals surface area contributed by atoms with Gasteiger partial charge in [-0.05, 0) is 58.2 Å². The second-order valence-electron chi connectivity index (χ2n) is 8.06. The number of aromatic nitrogens is 1. The van der Waals surface area contributed by atoms with Crippen molar-refractivity contribution in [3.8, 4) is 0 Å². The van der Waals surface area contributed by atoms with Crippen molar-refractivity contribution in [3.63, 3.8) is 0 Å². The van der Waals surface area contributed by atoms with Crippen LogP contribution in [0.3, 0.4) is 0 Å². The highest BCUT2D eigenvalue weighted by Crippen LogP contribution is 2.29. The number of nitrogens with one attached hydrogen (secondary N) is 2. The third kappa shape index (κ3) is 5.44. The van der Waals surface area contributed by atoms with E-state index in [4.69, 9.17) is 4.74 Å². The first kappa shape index (κ1) is 21.0. The van der Waals surface area contributed by atoms with Crippen LogP contribution in [0.15, 0.2) is 18.2 Å². The second kappa shape index (κ2) is 8.36. The fourth-order valence-electron chi connectivity index (χ4n) is 3.19. The minimum absolute atomic E-state index is 0.151. The largest absolute Gasteiger partial charge is 0.444 e. The van der Waals surface area contributed by atoms with Gasteiger partial charge >= 0.3 is 6.09 Å². The molecule has 8 nitrogen and oxygen atoms in total. The van der Waals surface area contributed by atoms with Gasteiger partial charge in [-0.3, -0.25) is 14.5 Å². The van der Waals surface area contributed by atoms with Crippen molar-refractivity contribution in [3.05, 3.63) is 18.2 Å². The number of hydrogen-bond donors (Lipinski definition) is 2. The fraction of sp³-hybridized carbons (Fsp3) is 0.500. The second-order valence-corrected chi connectivity index (χ2v) is 9.09. The Morgan fingerprint density at radius 2 is 1.97 bits per heavy atom. The fourth-order valence-corrected chi connectivity index (χ4v) is 4.10. The zero-order valence-corrected chi connectivity index (χ0v) is 17.9. The van der Waals surface area contributed by atoms with E-state index in [1.165, 1.54) is 23.2 Å². The molecule has 156 valence electrons. The topological polar surface area (TPSA) is 101 Å². The highest BCUT2D eigenvalue weighted by atomic mass is 32.1. The molecule has 1 aromatic carbocycles.